The van der Waals surface area contributed by atoms with E-state index < -0.39 is 11.1 Å². The van der Waals surface area contributed by atoms with Gasteiger partial charge >= 0.3 is 5.97 Å². The fourth-order valence-electron chi connectivity index (χ4n) is 2.58. The monoisotopic (exact) mass is 354 g/mol. The second kappa shape index (κ2) is 5.40. The quantitative estimate of drug-likeness (QED) is 0.445. The van der Waals surface area contributed by atoms with Gasteiger partial charge in [-0.3, -0.25) is 4.79 Å². The van der Waals surface area contributed by atoms with Crippen LogP contribution in [0.15, 0.2) is 0 Å². The molecule has 0 aliphatic carbocycles. The normalized spacial score (nSPS) is 24.6. The van der Waals surface area contributed by atoms with Gasteiger partial charge < -0.3 is 4.74 Å². The highest BCUT2D eigenvalue weighted by atomic mass is 127. The van der Waals surface area contributed by atoms with Gasteiger partial charge in [0.1, 0.15) is 6.10 Å². The van der Waals surface area contributed by atoms with Gasteiger partial charge in [-0.2, -0.15) is 0 Å². The Bertz CT molecular complexity index is 273. The molecule has 0 saturated carbocycles. The molecule has 1 radical (unpaired) electrons. The molecule has 1 aliphatic rings. The van der Waals surface area contributed by atoms with Crippen molar-refractivity contribution in [2.24, 2.45) is 0 Å². The lowest BCUT2D eigenvalue weighted by Gasteiger charge is -2.49. The van der Waals surface area contributed by atoms with E-state index in [0.717, 1.165) is 9.49 Å². The molecule has 1 rings (SSSR count). The lowest BCUT2D eigenvalue weighted by Crippen LogP contribution is -2.60. The smallest absolute Gasteiger partial charge is 0.306 e. The van der Waals surface area contributed by atoms with Crippen molar-refractivity contribution in [3.8, 4) is 0 Å². The van der Waals surface area contributed by atoms with Crippen LogP contribution in [-0.4, -0.2) is 32.6 Å². The van der Waals surface area contributed by atoms with Gasteiger partial charge in [0.05, 0.1) is 6.42 Å². The number of carbonyl (C=O) groups is 1. The highest BCUT2D eigenvalue weighted by molar-refractivity contribution is 14.1. The molecule has 99 valence electrons. The largest absolute Gasteiger partial charge is 0.462 e. The molecule has 0 amide bonds. The molecule has 17 heavy (non-hydrogen) atoms. The lowest BCUT2D eigenvalue weighted by molar-refractivity contribution is -0.299. The number of esters is 1. The van der Waals surface area contributed by atoms with E-state index in [2.05, 4.69) is 22.6 Å². The standard InChI is InChI=1S/C12H21INO3/c1-11(2)7-9(17-10(15)5-6-13)8-12(3,4)14(11)16/h9H,5-8H2,1-4H3. The number of hydroxylamine groups is 2. The van der Waals surface area contributed by atoms with E-state index in [-0.39, 0.29) is 12.1 Å². The summed E-state index contributed by atoms with van der Waals surface area (Å²) in [5.74, 6) is -0.157. The minimum Gasteiger partial charge on any atom is -0.462 e. The molecule has 1 fully saturated rings. The summed E-state index contributed by atoms with van der Waals surface area (Å²) in [5.41, 5.74) is -0.950. The zero-order valence-electron chi connectivity index (χ0n) is 11.0. The third-order valence-corrected chi connectivity index (χ3v) is 3.69. The molecule has 0 bridgehead atoms. The molecule has 1 heterocycles. The first-order chi connectivity index (χ1) is 7.69. The van der Waals surface area contributed by atoms with Gasteiger partial charge in [-0.05, 0) is 27.7 Å². The summed E-state index contributed by atoms with van der Waals surface area (Å²) < 4.78 is 6.21. The summed E-state index contributed by atoms with van der Waals surface area (Å²) in [4.78, 5) is 11.5. The molecule has 0 aromatic rings. The maximum Gasteiger partial charge on any atom is 0.306 e. The van der Waals surface area contributed by atoms with Crippen molar-refractivity contribution in [3.63, 3.8) is 0 Å². The molecule has 5 heteroatoms. The van der Waals surface area contributed by atoms with E-state index in [1.165, 1.54) is 0 Å². The van der Waals surface area contributed by atoms with Crippen LogP contribution in [0.3, 0.4) is 0 Å². The number of hydrogen-bond donors (Lipinski definition) is 0. The highest BCUT2D eigenvalue weighted by Crippen LogP contribution is 2.38. The fourth-order valence-corrected chi connectivity index (χ4v) is 3.02. The second-order valence-corrected chi connectivity index (χ2v) is 6.96. The molecule has 1 aliphatic heterocycles. The van der Waals surface area contributed by atoms with Gasteiger partial charge in [-0.25, -0.2) is 0 Å². The number of rotatable bonds is 3. The highest BCUT2D eigenvalue weighted by Gasteiger charge is 2.47. The molecule has 0 N–H and O–H groups in total. The topological polar surface area (TPSA) is 49.4 Å². The van der Waals surface area contributed by atoms with Gasteiger partial charge in [-0.1, -0.05) is 22.6 Å². The summed E-state index contributed by atoms with van der Waals surface area (Å²) in [6.45, 7) is 7.61. The molecular formula is C12H21INO3. The molecule has 0 atom stereocenters. The van der Waals surface area contributed by atoms with Crippen LogP contribution >= 0.6 is 22.6 Å². The Hall–Kier alpha value is 0.120. The van der Waals surface area contributed by atoms with E-state index in [4.69, 9.17) is 4.74 Å². The van der Waals surface area contributed by atoms with Crippen LogP contribution in [0.4, 0.5) is 0 Å². The van der Waals surface area contributed by atoms with E-state index in [1.807, 2.05) is 27.7 Å². The van der Waals surface area contributed by atoms with Gasteiger partial charge in [0.2, 0.25) is 0 Å². The van der Waals surface area contributed by atoms with Gasteiger partial charge in [0, 0.05) is 28.3 Å². The first-order valence-corrected chi connectivity index (χ1v) is 7.44. The molecule has 0 aromatic carbocycles. The molecule has 4 nitrogen and oxygen atoms in total. The minimum absolute atomic E-state index is 0.138. The number of ether oxygens (including phenoxy) is 1. The van der Waals surface area contributed by atoms with E-state index >= 15 is 0 Å². The predicted octanol–water partition coefficient (Wildman–Crippen LogP) is 2.72. The van der Waals surface area contributed by atoms with Crippen LogP contribution in [0.1, 0.15) is 47.0 Å². The maximum atomic E-state index is 12.1. The molecule has 0 spiro atoms. The van der Waals surface area contributed by atoms with Crippen molar-refractivity contribution in [2.45, 2.75) is 64.1 Å². The summed E-state index contributed by atoms with van der Waals surface area (Å²) in [6.07, 6.45) is 1.51. The Labute approximate surface area is 117 Å². The van der Waals surface area contributed by atoms with Gasteiger partial charge in [0.25, 0.3) is 0 Å². The number of nitrogens with zero attached hydrogens (tertiary/aromatic N) is 1. The second-order valence-electron chi connectivity index (χ2n) is 5.88. The number of carbonyl (C=O) groups excluding carboxylic acids is 1. The summed E-state index contributed by atoms with van der Waals surface area (Å²) in [7, 11) is 0. The van der Waals surface area contributed by atoms with Crippen molar-refractivity contribution in [1.82, 2.24) is 5.06 Å². The third kappa shape index (κ3) is 3.79. The first kappa shape index (κ1) is 15.2. The Morgan fingerprint density at radius 1 is 1.29 bits per heavy atom. The summed E-state index contributed by atoms with van der Waals surface area (Å²) in [6, 6.07) is 0. The minimum atomic E-state index is -0.475. The Kier molecular flexibility index (Phi) is 4.82. The zero-order valence-corrected chi connectivity index (χ0v) is 13.1. The van der Waals surface area contributed by atoms with Gasteiger partial charge in [0.15, 0.2) is 0 Å². The van der Waals surface area contributed by atoms with Crippen molar-refractivity contribution < 1.29 is 14.7 Å². The average Bonchev–Trinajstić information content (AvgIpc) is 2.13. The van der Waals surface area contributed by atoms with Crippen molar-refractivity contribution in [3.05, 3.63) is 0 Å². The van der Waals surface area contributed by atoms with Crippen molar-refractivity contribution in [1.29, 1.82) is 0 Å². The number of piperidine rings is 1. The van der Waals surface area contributed by atoms with E-state index in [1.54, 1.807) is 0 Å². The number of hydrogen-bond acceptors (Lipinski definition) is 3. The number of halogens is 1. The summed E-state index contributed by atoms with van der Waals surface area (Å²) >= 11 is 2.15. The SMILES string of the molecule is CC1(C)CC(OC(=O)CCI)CC(C)(C)N1[O]. The molecule has 0 unspecified atom stereocenters. The van der Waals surface area contributed by atoms with E-state index in [9.17, 15) is 10.0 Å². The Morgan fingerprint density at radius 2 is 1.76 bits per heavy atom. The van der Waals surface area contributed by atoms with Crippen LogP contribution in [0, 0.1) is 0 Å². The fraction of sp³-hybridized carbons (Fsp3) is 0.917. The first-order valence-electron chi connectivity index (χ1n) is 5.92. The van der Waals surface area contributed by atoms with E-state index in [0.29, 0.717) is 19.3 Å². The van der Waals surface area contributed by atoms with Crippen LogP contribution < -0.4 is 0 Å². The van der Waals surface area contributed by atoms with Crippen LogP contribution in [0.25, 0.3) is 0 Å². The van der Waals surface area contributed by atoms with Crippen LogP contribution in [-0.2, 0) is 14.7 Å². The molecule has 1 saturated heterocycles. The van der Waals surface area contributed by atoms with Gasteiger partial charge in [-0.15, -0.1) is 10.3 Å². The average molecular weight is 354 g/mol. The molecular weight excluding hydrogens is 333 g/mol. The summed E-state index contributed by atoms with van der Waals surface area (Å²) in [5, 5.41) is 13.2. The van der Waals surface area contributed by atoms with Crippen LogP contribution in [0.2, 0.25) is 0 Å². The Balaban J connectivity index is 2.68. The Morgan fingerprint density at radius 3 is 2.18 bits per heavy atom. The van der Waals surface area contributed by atoms with Crippen molar-refractivity contribution in [2.75, 3.05) is 4.43 Å². The lowest BCUT2D eigenvalue weighted by atomic mass is 9.80. The van der Waals surface area contributed by atoms with Crippen LogP contribution in [0.5, 0.6) is 0 Å². The predicted molar refractivity (Wildman–Crippen MR) is 73.3 cm³/mol. The molecule has 0 aromatic heterocycles. The number of alkyl halides is 1. The van der Waals surface area contributed by atoms with Crippen molar-refractivity contribution >= 4 is 28.6 Å². The maximum absolute atomic E-state index is 12.1. The third-order valence-electron chi connectivity index (χ3n) is 3.15. The zero-order chi connectivity index (χ0) is 13.3.